The van der Waals surface area contributed by atoms with Gasteiger partial charge in [0.1, 0.15) is 11.6 Å². The van der Waals surface area contributed by atoms with E-state index in [0.717, 1.165) is 15.6 Å². The first-order valence-corrected chi connectivity index (χ1v) is 7.59. The Labute approximate surface area is 137 Å². The van der Waals surface area contributed by atoms with E-state index in [4.69, 9.17) is 27.4 Å². The lowest BCUT2D eigenvalue weighted by Crippen LogP contribution is -2.10. The highest BCUT2D eigenvalue weighted by Crippen LogP contribution is 2.29. The first-order valence-electron chi connectivity index (χ1n) is 6.39. The summed E-state index contributed by atoms with van der Waals surface area (Å²) in [5.74, 6) is 1.28. The molecule has 1 aromatic carbocycles. The number of hydrogen-bond acceptors (Lipinski definition) is 4. The Morgan fingerprint density at radius 3 is 2.71 bits per heavy atom. The molecule has 0 atom stereocenters. The number of nitrogens with two attached hydrogens (primary N) is 1. The molecule has 0 unspecified atom stereocenters. The van der Waals surface area contributed by atoms with E-state index in [2.05, 4.69) is 20.9 Å². The Hall–Kier alpha value is -1.66. The first kappa shape index (κ1) is 15.7. The van der Waals surface area contributed by atoms with Crippen LogP contribution in [-0.4, -0.2) is 16.6 Å². The quantitative estimate of drug-likeness (QED) is 0.793. The van der Waals surface area contributed by atoms with Crippen molar-refractivity contribution in [2.45, 2.75) is 13.5 Å². The molecule has 4 nitrogen and oxygen atoms in total. The van der Waals surface area contributed by atoms with Crippen LogP contribution in [0.3, 0.4) is 0 Å². The van der Waals surface area contributed by atoms with Gasteiger partial charge in [0.2, 0.25) is 0 Å². The predicted octanol–water partition coefficient (Wildman–Crippen LogP) is 3.46. The topological polar surface area (TPSA) is 57.4 Å². The average molecular weight is 367 g/mol. The molecule has 0 aliphatic carbocycles. The number of benzene rings is 1. The molecule has 0 aliphatic rings. The molecule has 0 bridgehead atoms. The second-order valence-corrected chi connectivity index (χ2v) is 5.61. The third kappa shape index (κ3) is 4.41. The van der Waals surface area contributed by atoms with Crippen molar-refractivity contribution in [1.82, 2.24) is 4.98 Å². The fraction of sp³-hybridized carbons (Fsp3) is 0.200. The average Bonchev–Trinajstić information content (AvgIpc) is 2.46. The first-order chi connectivity index (χ1) is 10.1. The summed E-state index contributed by atoms with van der Waals surface area (Å²) in [6.45, 7) is 2.85. The van der Waals surface area contributed by atoms with Crippen LogP contribution < -0.4 is 15.2 Å². The van der Waals surface area contributed by atoms with Gasteiger partial charge in [-0.2, -0.15) is 0 Å². The Balaban J connectivity index is 2.16. The number of rotatable bonds is 6. The van der Waals surface area contributed by atoms with E-state index in [1.165, 1.54) is 0 Å². The zero-order valence-corrected chi connectivity index (χ0v) is 13.9. The lowest BCUT2D eigenvalue weighted by Gasteiger charge is -2.13. The van der Waals surface area contributed by atoms with E-state index in [-0.39, 0.29) is 0 Å². The van der Waals surface area contributed by atoms with Gasteiger partial charge in [-0.05, 0) is 47.1 Å². The molecular weight excluding hydrogens is 352 g/mol. The van der Waals surface area contributed by atoms with Gasteiger partial charge in [0.25, 0.3) is 0 Å². The van der Waals surface area contributed by atoms with Crippen LogP contribution in [0.1, 0.15) is 18.1 Å². The fourth-order valence-electron chi connectivity index (χ4n) is 1.74. The number of pyridine rings is 1. The summed E-state index contributed by atoms with van der Waals surface area (Å²) >= 11 is 8.35. The van der Waals surface area contributed by atoms with Gasteiger partial charge in [0.15, 0.2) is 11.5 Å². The van der Waals surface area contributed by atoms with E-state index in [9.17, 15) is 0 Å². The third-order valence-electron chi connectivity index (χ3n) is 2.68. The van der Waals surface area contributed by atoms with E-state index in [1.807, 2.05) is 25.1 Å². The normalized spacial score (nSPS) is 10.2. The smallest absolute Gasteiger partial charge is 0.161 e. The molecule has 21 heavy (non-hydrogen) atoms. The lowest BCUT2D eigenvalue weighted by atomic mass is 10.2. The minimum Gasteiger partial charge on any atom is -0.490 e. The predicted molar refractivity (Wildman–Crippen MR) is 89.8 cm³/mol. The minimum absolute atomic E-state index is 0.332. The molecule has 0 saturated heterocycles. The molecule has 2 aromatic rings. The fourth-order valence-corrected chi connectivity index (χ4v) is 2.28. The van der Waals surface area contributed by atoms with Crippen molar-refractivity contribution in [2.75, 3.05) is 6.61 Å². The van der Waals surface area contributed by atoms with Crippen LogP contribution in [0.4, 0.5) is 0 Å². The Kier molecular flexibility index (Phi) is 5.52. The molecule has 0 radical (unpaired) electrons. The molecule has 1 aromatic heterocycles. The lowest BCUT2D eigenvalue weighted by molar-refractivity contribution is 0.269. The van der Waals surface area contributed by atoms with Crippen LogP contribution in [0, 0.1) is 0 Å². The maximum atomic E-state index is 5.80. The Morgan fingerprint density at radius 2 is 2.05 bits per heavy atom. The van der Waals surface area contributed by atoms with Crippen LogP contribution in [-0.2, 0) is 6.61 Å². The molecule has 6 heteroatoms. The van der Waals surface area contributed by atoms with Gasteiger partial charge in [-0.1, -0.05) is 12.2 Å². The van der Waals surface area contributed by atoms with Crippen LogP contribution in [0.15, 0.2) is 41.1 Å². The van der Waals surface area contributed by atoms with Crippen LogP contribution in [0.5, 0.6) is 11.5 Å². The van der Waals surface area contributed by atoms with E-state index in [1.54, 1.807) is 18.5 Å². The highest BCUT2D eigenvalue weighted by atomic mass is 79.9. The van der Waals surface area contributed by atoms with Gasteiger partial charge in [-0.3, -0.25) is 4.98 Å². The van der Waals surface area contributed by atoms with Crippen molar-refractivity contribution < 1.29 is 9.47 Å². The highest BCUT2D eigenvalue weighted by molar-refractivity contribution is 9.10. The molecule has 0 spiro atoms. The van der Waals surface area contributed by atoms with Crippen molar-refractivity contribution in [3.63, 3.8) is 0 Å². The molecule has 0 aliphatic heterocycles. The van der Waals surface area contributed by atoms with E-state index < -0.39 is 0 Å². The molecule has 0 saturated carbocycles. The van der Waals surface area contributed by atoms with Crippen molar-refractivity contribution >= 4 is 33.1 Å². The zero-order valence-electron chi connectivity index (χ0n) is 11.5. The summed E-state index contributed by atoms with van der Waals surface area (Å²) in [7, 11) is 0. The minimum atomic E-state index is 0.332. The maximum Gasteiger partial charge on any atom is 0.161 e. The summed E-state index contributed by atoms with van der Waals surface area (Å²) in [6.07, 6.45) is 3.49. The maximum absolute atomic E-state index is 5.80. The van der Waals surface area contributed by atoms with E-state index in [0.29, 0.717) is 29.7 Å². The van der Waals surface area contributed by atoms with Crippen molar-refractivity contribution in [1.29, 1.82) is 0 Å². The van der Waals surface area contributed by atoms with Gasteiger partial charge in [-0.15, -0.1) is 0 Å². The number of thiocarbonyl (C=S) groups is 1. The van der Waals surface area contributed by atoms with Gasteiger partial charge in [-0.25, -0.2) is 0 Å². The summed E-state index contributed by atoms with van der Waals surface area (Å²) in [5, 5.41) is 0. The number of halogens is 1. The summed E-state index contributed by atoms with van der Waals surface area (Å²) in [6, 6.07) is 7.38. The molecule has 0 fully saturated rings. The summed E-state index contributed by atoms with van der Waals surface area (Å²) < 4.78 is 12.3. The van der Waals surface area contributed by atoms with Crippen LogP contribution >= 0.6 is 28.1 Å². The van der Waals surface area contributed by atoms with Crippen molar-refractivity contribution in [3.05, 3.63) is 52.3 Å². The molecular formula is C15H15BrN2O2S. The van der Waals surface area contributed by atoms with Crippen molar-refractivity contribution in [3.8, 4) is 11.5 Å². The largest absolute Gasteiger partial charge is 0.490 e. The second kappa shape index (κ2) is 7.38. The van der Waals surface area contributed by atoms with Crippen molar-refractivity contribution in [2.24, 2.45) is 5.73 Å². The van der Waals surface area contributed by atoms with Gasteiger partial charge in [0.05, 0.1) is 6.61 Å². The zero-order chi connectivity index (χ0) is 15.2. The number of aromatic nitrogens is 1. The molecule has 2 N–H and O–H groups in total. The molecule has 110 valence electrons. The SMILES string of the molecule is CCOc1cc(C(N)=S)ccc1OCc1cncc(Br)c1. The third-order valence-corrected chi connectivity index (χ3v) is 3.35. The molecule has 0 amide bonds. The Morgan fingerprint density at radius 1 is 1.24 bits per heavy atom. The van der Waals surface area contributed by atoms with Crippen LogP contribution in [0.25, 0.3) is 0 Å². The molecule has 1 heterocycles. The van der Waals surface area contributed by atoms with Gasteiger partial charge in [0, 0.05) is 28.0 Å². The highest BCUT2D eigenvalue weighted by Gasteiger charge is 2.08. The second-order valence-electron chi connectivity index (χ2n) is 4.26. The summed E-state index contributed by atoms with van der Waals surface area (Å²) in [5.41, 5.74) is 7.35. The number of ether oxygens (including phenoxy) is 2. The summed E-state index contributed by atoms with van der Waals surface area (Å²) in [4.78, 5) is 4.43. The monoisotopic (exact) mass is 366 g/mol. The number of hydrogen-bond donors (Lipinski definition) is 1. The van der Waals surface area contributed by atoms with Gasteiger partial charge >= 0.3 is 0 Å². The molecule has 2 rings (SSSR count). The van der Waals surface area contributed by atoms with E-state index >= 15 is 0 Å². The van der Waals surface area contributed by atoms with Gasteiger partial charge < -0.3 is 15.2 Å². The number of nitrogens with zero attached hydrogens (tertiary/aromatic N) is 1. The van der Waals surface area contributed by atoms with Crippen LogP contribution in [0.2, 0.25) is 0 Å². The standard InChI is InChI=1S/C15H15BrN2O2S/c1-2-19-14-6-11(15(17)21)3-4-13(14)20-9-10-5-12(16)8-18-7-10/h3-8H,2,9H2,1H3,(H2,17,21). The Bertz CT molecular complexity index is 649.